The summed E-state index contributed by atoms with van der Waals surface area (Å²) in [6, 6.07) is 4.33. The first-order chi connectivity index (χ1) is 10.6. The first kappa shape index (κ1) is 17.7. The van der Waals surface area contributed by atoms with E-state index in [9.17, 15) is 9.18 Å². The lowest BCUT2D eigenvalue weighted by molar-refractivity contribution is 0.102. The quantitative estimate of drug-likeness (QED) is 0.883. The molecule has 9 heteroatoms. The second-order valence-corrected chi connectivity index (χ2v) is 5.56. The number of piperidine rings is 1. The molecule has 0 bridgehead atoms. The Morgan fingerprint density at radius 1 is 1.39 bits per heavy atom. The van der Waals surface area contributed by atoms with Crippen molar-refractivity contribution in [2.75, 3.05) is 18.4 Å². The molecule has 1 fully saturated rings. The van der Waals surface area contributed by atoms with Gasteiger partial charge in [-0.25, -0.2) is 9.07 Å². The highest BCUT2D eigenvalue weighted by atomic mass is 35.5. The van der Waals surface area contributed by atoms with Crippen LogP contribution >= 0.6 is 24.0 Å². The van der Waals surface area contributed by atoms with Gasteiger partial charge in [-0.05, 0) is 44.1 Å². The van der Waals surface area contributed by atoms with E-state index in [0.717, 1.165) is 32.0 Å². The molecule has 6 nitrogen and oxygen atoms in total. The molecule has 1 aromatic heterocycles. The standard InChI is InChI=1S/C14H15ClFN5O.ClH/c15-11-2-1-9(7-12(11)16)18-14(22)13-8-21(20-19-13)10-3-5-17-6-4-10;/h1-2,7-8,10,17H,3-6H2,(H,18,22);1H. The zero-order chi connectivity index (χ0) is 15.5. The predicted molar refractivity (Wildman–Crippen MR) is 87.8 cm³/mol. The Bertz CT molecular complexity index is 688. The van der Waals surface area contributed by atoms with Gasteiger partial charge in [-0.3, -0.25) is 4.79 Å². The molecule has 3 rings (SSSR count). The minimum atomic E-state index is -0.585. The van der Waals surface area contributed by atoms with Crippen molar-refractivity contribution in [1.29, 1.82) is 0 Å². The zero-order valence-electron chi connectivity index (χ0n) is 12.1. The summed E-state index contributed by atoms with van der Waals surface area (Å²) in [5.41, 5.74) is 0.525. The summed E-state index contributed by atoms with van der Waals surface area (Å²) >= 11 is 5.61. The number of hydrogen-bond acceptors (Lipinski definition) is 4. The Balaban J connectivity index is 0.00000192. The lowest BCUT2D eigenvalue weighted by atomic mass is 10.1. The van der Waals surface area contributed by atoms with Crippen molar-refractivity contribution in [2.24, 2.45) is 0 Å². The van der Waals surface area contributed by atoms with Gasteiger partial charge in [0.15, 0.2) is 5.69 Å². The van der Waals surface area contributed by atoms with Crippen LogP contribution in [0.1, 0.15) is 29.4 Å². The number of hydrogen-bond donors (Lipinski definition) is 2. The van der Waals surface area contributed by atoms with Crippen LogP contribution in [0.25, 0.3) is 0 Å². The van der Waals surface area contributed by atoms with Crippen molar-refractivity contribution in [3.63, 3.8) is 0 Å². The van der Waals surface area contributed by atoms with Gasteiger partial charge >= 0.3 is 0 Å². The highest BCUT2D eigenvalue weighted by Crippen LogP contribution is 2.20. The second-order valence-electron chi connectivity index (χ2n) is 5.15. The molecule has 0 radical (unpaired) electrons. The molecule has 124 valence electrons. The summed E-state index contributed by atoms with van der Waals surface area (Å²) in [6.45, 7) is 1.85. The van der Waals surface area contributed by atoms with Gasteiger partial charge in [0.25, 0.3) is 5.91 Å². The van der Waals surface area contributed by atoms with Gasteiger partial charge in [0.1, 0.15) is 5.82 Å². The van der Waals surface area contributed by atoms with E-state index in [1.165, 1.54) is 12.1 Å². The fraction of sp³-hybridized carbons (Fsp3) is 0.357. The molecule has 1 aliphatic heterocycles. The smallest absolute Gasteiger partial charge is 0.277 e. The van der Waals surface area contributed by atoms with Crippen LogP contribution in [-0.2, 0) is 0 Å². The lowest BCUT2D eigenvalue weighted by Gasteiger charge is -2.22. The Morgan fingerprint density at radius 2 is 2.13 bits per heavy atom. The molecule has 2 heterocycles. The normalized spacial score (nSPS) is 15.0. The zero-order valence-corrected chi connectivity index (χ0v) is 13.7. The van der Waals surface area contributed by atoms with Crippen molar-refractivity contribution in [2.45, 2.75) is 18.9 Å². The number of nitrogens with zero attached hydrogens (tertiary/aromatic N) is 3. The number of benzene rings is 1. The Hall–Kier alpha value is -1.70. The van der Waals surface area contributed by atoms with Crippen LogP contribution in [-0.4, -0.2) is 34.0 Å². The van der Waals surface area contributed by atoms with Crippen LogP contribution in [0.2, 0.25) is 5.02 Å². The monoisotopic (exact) mass is 359 g/mol. The molecule has 23 heavy (non-hydrogen) atoms. The topological polar surface area (TPSA) is 71.8 Å². The molecule has 1 aromatic carbocycles. The number of carbonyl (C=O) groups excluding carboxylic acids is 1. The summed E-state index contributed by atoms with van der Waals surface area (Å²) in [7, 11) is 0. The summed E-state index contributed by atoms with van der Waals surface area (Å²) in [6.07, 6.45) is 3.53. The third-order valence-electron chi connectivity index (χ3n) is 3.60. The van der Waals surface area contributed by atoms with Gasteiger partial charge in [0, 0.05) is 5.69 Å². The highest BCUT2D eigenvalue weighted by molar-refractivity contribution is 6.30. The lowest BCUT2D eigenvalue weighted by Crippen LogP contribution is -2.29. The van der Waals surface area contributed by atoms with E-state index < -0.39 is 11.7 Å². The Kier molecular flexibility index (Phi) is 5.92. The first-order valence-corrected chi connectivity index (χ1v) is 7.40. The van der Waals surface area contributed by atoms with E-state index in [1.54, 1.807) is 10.9 Å². The molecule has 1 amide bonds. The molecule has 1 aliphatic rings. The molecule has 0 spiro atoms. The molecule has 2 N–H and O–H groups in total. The Morgan fingerprint density at radius 3 is 2.83 bits per heavy atom. The molecular weight excluding hydrogens is 344 g/mol. The van der Waals surface area contributed by atoms with Gasteiger partial charge in [-0.2, -0.15) is 0 Å². The van der Waals surface area contributed by atoms with E-state index in [0.29, 0.717) is 5.69 Å². The van der Waals surface area contributed by atoms with Crippen LogP contribution in [0, 0.1) is 5.82 Å². The minimum absolute atomic E-state index is 0. The van der Waals surface area contributed by atoms with Crippen LogP contribution in [0.4, 0.5) is 10.1 Å². The van der Waals surface area contributed by atoms with Gasteiger partial charge in [-0.15, -0.1) is 17.5 Å². The van der Waals surface area contributed by atoms with Gasteiger partial charge in [-0.1, -0.05) is 16.8 Å². The molecule has 2 aromatic rings. The van der Waals surface area contributed by atoms with Crippen LogP contribution in [0.15, 0.2) is 24.4 Å². The van der Waals surface area contributed by atoms with Gasteiger partial charge < -0.3 is 10.6 Å². The van der Waals surface area contributed by atoms with Crippen molar-refractivity contribution in [3.8, 4) is 0 Å². The van der Waals surface area contributed by atoms with E-state index in [1.807, 2.05) is 0 Å². The van der Waals surface area contributed by atoms with Crippen molar-refractivity contribution < 1.29 is 9.18 Å². The first-order valence-electron chi connectivity index (χ1n) is 7.02. The van der Waals surface area contributed by atoms with Crippen molar-refractivity contribution >= 4 is 35.6 Å². The van der Waals surface area contributed by atoms with Gasteiger partial charge in [0.05, 0.1) is 17.3 Å². The fourth-order valence-corrected chi connectivity index (χ4v) is 2.52. The third kappa shape index (κ3) is 4.19. The average molecular weight is 360 g/mol. The molecular formula is C14H16Cl2FN5O. The number of aromatic nitrogens is 3. The number of rotatable bonds is 3. The van der Waals surface area contributed by atoms with Gasteiger partial charge in [0.2, 0.25) is 0 Å². The molecule has 1 saturated heterocycles. The maximum atomic E-state index is 13.4. The highest BCUT2D eigenvalue weighted by Gasteiger charge is 2.19. The summed E-state index contributed by atoms with van der Waals surface area (Å²) in [4.78, 5) is 12.1. The van der Waals surface area contributed by atoms with Crippen LogP contribution in [0.3, 0.4) is 0 Å². The maximum Gasteiger partial charge on any atom is 0.277 e. The number of anilines is 1. The summed E-state index contributed by atoms with van der Waals surface area (Å²) in [5, 5.41) is 13.8. The number of halogens is 3. The SMILES string of the molecule is Cl.O=C(Nc1ccc(Cl)c(F)c1)c1cn(C2CCNCC2)nn1. The summed E-state index contributed by atoms with van der Waals surface area (Å²) < 4.78 is 15.1. The molecule has 0 saturated carbocycles. The van der Waals surface area contributed by atoms with E-state index in [2.05, 4.69) is 20.9 Å². The predicted octanol–water partition coefficient (Wildman–Crippen LogP) is 2.67. The maximum absolute atomic E-state index is 13.4. The second kappa shape index (κ2) is 7.72. The Labute approximate surface area is 143 Å². The molecule has 0 unspecified atom stereocenters. The fourth-order valence-electron chi connectivity index (χ4n) is 2.40. The van der Waals surface area contributed by atoms with Crippen LogP contribution < -0.4 is 10.6 Å². The molecule has 0 aliphatic carbocycles. The van der Waals surface area contributed by atoms with E-state index >= 15 is 0 Å². The average Bonchev–Trinajstić information content (AvgIpc) is 3.02. The number of amides is 1. The van der Waals surface area contributed by atoms with Crippen molar-refractivity contribution in [1.82, 2.24) is 20.3 Å². The summed E-state index contributed by atoms with van der Waals surface area (Å²) in [5.74, 6) is -1.01. The van der Waals surface area contributed by atoms with Crippen molar-refractivity contribution in [3.05, 3.63) is 40.9 Å². The third-order valence-corrected chi connectivity index (χ3v) is 3.91. The largest absolute Gasteiger partial charge is 0.320 e. The van der Waals surface area contributed by atoms with Crippen LogP contribution in [0.5, 0.6) is 0 Å². The van der Waals surface area contributed by atoms with E-state index in [4.69, 9.17) is 11.6 Å². The van der Waals surface area contributed by atoms with E-state index in [-0.39, 0.29) is 29.2 Å². The molecule has 0 atom stereocenters. The number of nitrogens with one attached hydrogen (secondary N) is 2. The number of carbonyl (C=O) groups is 1. The minimum Gasteiger partial charge on any atom is -0.320 e.